The van der Waals surface area contributed by atoms with E-state index in [0.29, 0.717) is 5.69 Å². The minimum absolute atomic E-state index is 0.00620. The lowest BCUT2D eigenvalue weighted by atomic mass is 9.93. The van der Waals surface area contributed by atoms with Crippen LogP contribution in [0.5, 0.6) is 0 Å². The smallest absolute Gasteiger partial charge is 0.268 e. The van der Waals surface area contributed by atoms with E-state index in [2.05, 4.69) is 5.32 Å². The molecule has 19 heavy (non-hydrogen) atoms. The van der Waals surface area contributed by atoms with Gasteiger partial charge in [0.1, 0.15) is 10.6 Å². The quantitative estimate of drug-likeness (QED) is 0.868. The molecule has 7 heteroatoms. The highest BCUT2D eigenvalue weighted by atomic mass is 35.7. The van der Waals surface area contributed by atoms with Gasteiger partial charge in [-0.25, -0.2) is 8.42 Å². The number of halogens is 1. The van der Waals surface area contributed by atoms with Crippen LogP contribution in [0, 0.1) is 0 Å². The molecule has 1 aliphatic rings. The molecule has 0 saturated heterocycles. The van der Waals surface area contributed by atoms with Crippen molar-refractivity contribution in [2.75, 3.05) is 0 Å². The van der Waals surface area contributed by atoms with Gasteiger partial charge in [-0.2, -0.15) is 0 Å². The third-order valence-corrected chi connectivity index (χ3v) is 4.55. The summed E-state index contributed by atoms with van der Waals surface area (Å²) in [4.78, 5) is 12.1. The number of carbonyl (C=O) groups is 1. The molecule has 0 unspecified atom stereocenters. The number of carbonyl (C=O) groups excluding carboxylic acids is 1. The van der Waals surface area contributed by atoms with Crippen LogP contribution < -0.4 is 5.32 Å². The molecule has 1 fully saturated rings. The fourth-order valence-corrected chi connectivity index (χ4v) is 2.82. The van der Waals surface area contributed by atoms with E-state index in [1.807, 2.05) is 13.8 Å². The molecule has 1 N–H and O–H groups in total. The Bertz CT molecular complexity index is 588. The van der Waals surface area contributed by atoms with Crippen molar-refractivity contribution >= 4 is 25.6 Å². The average molecular weight is 305 g/mol. The topological polar surface area (TPSA) is 68.2 Å². The molecule has 106 valence electrons. The summed E-state index contributed by atoms with van der Waals surface area (Å²) in [5.74, 6) is -0.270. The van der Waals surface area contributed by atoms with Gasteiger partial charge in [0.25, 0.3) is 15.0 Å². The number of nitrogens with zero attached hydrogens (tertiary/aromatic N) is 1. The summed E-state index contributed by atoms with van der Waals surface area (Å²) >= 11 is 0. The molecule has 0 radical (unpaired) electrons. The van der Waals surface area contributed by atoms with Crippen molar-refractivity contribution in [3.63, 3.8) is 0 Å². The summed E-state index contributed by atoms with van der Waals surface area (Å²) < 4.78 is 24.5. The van der Waals surface area contributed by atoms with Gasteiger partial charge in [-0.1, -0.05) is 0 Å². The molecule has 0 aliphatic heterocycles. The monoisotopic (exact) mass is 304 g/mol. The minimum atomic E-state index is -3.81. The number of amides is 1. The van der Waals surface area contributed by atoms with E-state index in [4.69, 9.17) is 10.7 Å². The van der Waals surface area contributed by atoms with Crippen LogP contribution in [0.3, 0.4) is 0 Å². The molecular formula is C12H17ClN2O3S. The Balaban J connectivity index is 2.39. The van der Waals surface area contributed by atoms with Crippen LogP contribution in [0.25, 0.3) is 0 Å². The lowest BCUT2D eigenvalue weighted by Crippen LogP contribution is -2.33. The Kier molecular flexibility index (Phi) is 3.92. The van der Waals surface area contributed by atoms with E-state index in [9.17, 15) is 13.2 Å². The molecule has 1 saturated carbocycles. The van der Waals surface area contributed by atoms with Crippen molar-refractivity contribution in [3.8, 4) is 0 Å². The van der Waals surface area contributed by atoms with Gasteiger partial charge in [0.05, 0.1) is 0 Å². The molecule has 1 heterocycles. The number of aromatic nitrogens is 1. The van der Waals surface area contributed by atoms with Crippen LogP contribution in [-0.2, 0) is 9.05 Å². The van der Waals surface area contributed by atoms with Crippen LogP contribution in [0.15, 0.2) is 17.2 Å². The lowest BCUT2D eigenvalue weighted by Gasteiger charge is -2.28. The van der Waals surface area contributed by atoms with Crippen molar-refractivity contribution in [3.05, 3.63) is 18.0 Å². The molecule has 0 aromatic carbocycles. The van der Waals surface area contributed by atoms with Gasteiger partial charge in [-0.05, 0) is 39.2 Å². The van der Waals surface area contributed by atoms with Crippen LogP contribution in [0.2, 0.25) is 0 Å². The SMILES string of the molecule is CC(C)NC(=O)c1cc(S(=O)(=O)Cl)cn1C1CCC1. The largest absolute Gasteiger partial charge is 0.349 e. The first-order chi connectivity index (χ1) is 8.79. The van der Waals surface area contributed by atoms with Gasteiger partial charge in [0.15, 0.2) is 0 Å². The van der Waals surface area contributed by atoms with Gasteiger partial charge in [-0.3, -0.25) is 4.79 Å². The predicted molar refractivity (Wildman–Crippen MR) is 73.0 cm³/mol. The molecule has 0 atom stereocenters. The first-order valence-electron chi connectivity index (χ1n) is 6.26. The van der Waals surface area contributed by atoms with Crippen LogP contribution >= 0.6 is 10.7 Å². The van der Waals surface area contributed by atoms with Crippen LogP contribution in [0.4, 0.5) is 0 Å². The highest BCUT2D eigenvalue weighted by Crippen LogP contribution is 2.34. The first-order valence-corrected chi connectivity index (χ1v) is 8.57. The summed E-state index contributed by atoms with van der Waals surface area (Å²) in [7, 11) is 1.53. The van der Waals surface area contributed by atoms with E-state index >= 15 is 0 Å². The van der Waals surface area contributed by atoms with Gasteiger partial charge >= 0.3 is 0 Å². The van der Waals surface area contributed by atoms with Crippen molar-refractivity contribution < 1.29 is 13.2 Å². The number of hydrogen-bond donors (Lipinski definition) is 1. The molecular weight excluding hydrogens is 288 g/mol. The number of hydrogen-bond acceptors (Lipinski definition) is 3. The molecule has 1 aromatic rings. The Morgan fingerprint density at radius 2 is 2.11 bits per heavy atom. The second-order valence-electron chi connectivity index (χ2n) is 5.12. The maximum atomic E-state index is 12.1. The maximum Gasteiger partial charge on any atom is 0.268 e. The molecule has 1 aromatic heterocycles. The summed E-state index contributed by atoms with van der Waals surface area (Å²) in [5.41, 5.74) is 0.359. The zero-order valence-electron chi connectivity index (χ0n) is 10.9. The molecule has 2 rings (SSSR count). The van der Waals surface area contributed by atoms with Gasteiger partial charge in [0.2, 0.25) is 0 Å². The second-order valence-corrected chi connectivity index (χ2v) is 7.68. The van der Waals surface area contributed by atoms with Crippen molar-refractivity contribution in [2.24, 2.45) is 0 Å². The Hall–Kier alpha value is -1.01. The van der Waals surface area contributed by atoms with Crippen LogP contribution in [0.1, 0.15) is 49.6 Å². The highest BCUT2D eigenvalue weighted by Gasteiger charge is 2.27. The molecule has 5 nitrogen and oxygen atoms in total. The van der Waals surface area contributed by atoms with Crippen molar-refractivity contribution in [2.45, 2.75) is 50.1 Å². The van der Waals surface area contributed by atoms with Gasteiger partial charge < -0.3 is 9.88 Å². The Morgan fingerprint density at radius 1 is 1.47 bits per heavy atom. The summed E-state index contributed by atoms with van der Waals surface area (Å²) in [6.07, 6.45) is 4.47. The van der Waals surface area contributed by atoms with Gasteiger partial charge in [0, 0.05) is 29.0 Å². The third kappa shape index (κ3) is 3.12. The van der Waals surface area contributed by atoms with E-state index in [-0.39, 0.29) is 22.9 Å². The van der Waals surface area contributed by atoms with E-state index < -0.39 is 9.05 Å². The fraction of sp³-hybridized carbons (Fsp3) is 0.583. The van der Waals surface area contributed by atoms with E-state index in [1.165, 1.54) is 12.3 Å². The van der Waals surface area contributed by atoms with Crippen molar-refractivity contribution in [1.29, 1.82) is 0 Å². The molecule has 1 amide bonds. The fourth-order valence-electron chi connectivity index (χ4n) is 2.07. The third-order valence-electron chi connectivity index (χ3n) is 3.23. The zero-order chi connectivity index (χ0) is 14.2. The van der Waals surface area contributed by atoms with Crippen molar-refractivity contribution in [1.82, 2.24) is 9.88 Å². The van der Waals surface area contributed by atoms with E-state index in [0.717, 1.165) is 19.3 Å². The first kappa shape index (κ1) is 14.4. The number of nitrogens with one attached hydrogen (secondary N) is 1. The molecule has 0 spiro atoms. The Labute approximate surface area is 117 Å². The zero-order valence-corrected chi connectivity index (χ0v) is 12.5. The van der Waals surface area contributed by atoms with Crippen LogP contribution in [-0.4, -0.2) is 24.9 Å². The summed E-state index contributed by atoms with van der Waals surface area (Å²) in [5, 5.41) is 2.77. The predicted octanol–water partition coefficient (Wildman–Crippen LogP) is 2.28. The van der Waals surface area contributed by atoms with Gasteiger partial charge in [-0.15, -0.1) is 0 Å². The highest BCUT2D eigenvalue weighted by molar-refractivity contribution is 8.13. The maximum absolute atomic E-state index is 12.1. The summed E-state index contributed by atoms with van der Waals surface area (Å²) in [6, 6.07) is 1.53. The standard InChI is InChI=1S/C12H17ClN2O3S/c1-8(2)14-12(16)11-6-10(19(13,17)18)7-15(11)9-4-3-5-9/h6-9H,3-5H2,1-2H3,(H,14,16). The summed E-state index contributed by atoms with van der Waals surface area (Å²) in [6.45, 7) is 3.71. The molecule has 0 bridgehead atoms. The minimum Gasteiger partial charge on any atom is -0.349 e. The Morgan fingerprint density at radius 3 is 2.53 bits per heavy atom. The molecule has 1 aliphatic carbocycles. The average Bonchev–Trinajstić information content (AvgIpc) is 2.57. The lowest BCUT2D eigenvalue weighted by molar-refractivity contribution is 0.0928. The normalized spacial score (nSPS) is 16.4. The van der Waals surface area contributed by atoms with E-state index in [1.54, 1.807) is 4.57 Å². The number of rotatable bonds is 4. The second kappa shape index (κ2) is 5.17.